The summed E-state index contributed by atoms with van der Waals surface area (Å²) in [5.41, 5.74) is 3.11. The lowest BCUT2D eigenvalue weighted by atomic mass is 10.0. The van der Waals surface area contributed by atoms with E-state index in [-0.39, 0.29) is 6.10 Å². The highest BCUT2D eigenvalue weighted by Crippen LogP contribution is 2.30. The fraction of sp³-hybridized carbons (Fsp3) is 0.389. The first-order chi connectivity index (χ1) is 11.7. The molecule has 6 heteroatoms. The average molecular weight is 323 g/mol. The van der Waals surface area contributed by atoms with Crippen LogP contribution in [0.1, 0.15) is 30.3 Å². The van der Waals surface area contributed by atoms with Crippen molar-refractivity contribution in [3.05, 3.63) is 48.0 Å². The molecule has 1 saturated heterocycles. The van der Waals surface area contributed by atoms with Crippen molar-refractivity contribution in [1.82, 2.24) is 19.7 Å². The number of nitrogens with zero attached hydrogens (tertiary/aromatic N) is 4. The lowest BCUT2D eigenvalue weighted by Crippen LogP contribution is -2.31. The number of nitrogens with one attached hydrogen (secondary N) is 1. The van der Waals surface area contributed by atoms with Gasteiger partial charge in [0.15, 0.2) is 0 Å². The maximum Gasteiger partial charge on any atom is 0.135 e. The summed E-state index contributed by atoms with van der Waals surface area (Å²) in [6, 6.07) is 8.41. The fourth-order valence-corrected chi connectivity index (χ4v) is 3.30. The molecule has 2 unspecified atom stereocenters. The average Bonchev–Trinajstić information content (AvgIpc) is 3.01. The summed E-state index contributed by atoms with van der Waals surface area (Å²) in [6.07, 6.45) is 5.56. The Hall–Kier alpha value is -2.47. The largest absolute Gasteiger partial charge is 0.372 e. The van der Waals surface area contributed by atoms with Crippen molar-refractivity contribution in [3.63, 3.8) is 0 Å². The van der Waals surface area contributed by atoms with E-state index in [0.29, 0.717) is 6.04 Å². The highest BCUT2D eigenvalue weighted by molar-refractivity contribution is 5.89. The molecule has 4 heterocycles. The number of ether oxygens (including phenoxy) is 1. The van der Waals surface area contributed by atoms with Crippen LogP contribution in [0.4, 0.5) is 5.82 Å². The molecule has 0 spiro atoms. The summed E-state index contributed by atoms with van der Waals surface area (Å²) in [4.78, 5) is 9.11. The van der Waals surface area contributed by atoms with Crippen molar-refractivity contribution in [3.8, 4) is 0 Å². The van der Waals surface area contributed by atoms with Gasteiger partial charge in [-0.25, -0.2) is 4.98 Å². The van der Waals surface area contributed by atoms with E-state index in [9.17, 15) is 0 Å². The molecule has 0 bridgehead atoms. The van der Waals surface area contributed by atoms with Crippen LogP contribution in [-0.2, 0) is 11.8 Å². The molecule has 0 aliphatic carbocycles. The normalized spacial score (nSPS) is 21.1. The fourth-order valence-electron chi connectivity index (χ4n) is 3.30. The van der Waals surface area contributed by atoms with Gasteiger partial charge in [-0.05, 0) is 44.0 Å². The number of hydrogen-bond donors (Lipinski definition) is 1. The van der Waals surface area contributed by atoms with Crippen molar-refractivity contribution >= 4 is 16.7 Å². The van der Waals surface area contributed by atoms with Crippen LogP contribution in [0.5, 0.6) is 0 Å². The molecule has 0 amide bonds. The maximum atomic E-state index is 5.94. The molecule has 0 saturated carbocycles. The van der Waals surface area contributed by atoms with Crippen LogP contribution in [0.3, 0.4) is 0 Å². The number of anilines is 1. The third-order valence-electron chi connectivity index (χ3n) is 4.57. The lowest BCUT2D eigenvalue weighted by Gasteiger charge is -2.30. The second kappa shape index (κ2) is 6.20. The van der Waals surface area contributed by atoms with E-state index in [2.05, 4.69) is 26.4 Å². The Kier molecular flexibility index (Phi) is 3.90. The van der Waals surface area contributed by atoms with Gasteiger partial charge in [-0.3, -0.25) is 9.67 Å². The van der Waals surface area contributed by atoms with E-state index in [1.807, 2.05) is 49.2 Å². The molecule has 3 aromatic rings. The number of pyridine rings is 2. The summed E-state index contributed by atoms with van der Waals surface area (Å²) in [5, 5.41) is 8.90. The van der Waals surface area contributed by atoms with Crippen LogP contribution in [-0.4, -0.2) is 32.4 Å². The molecule has 1 aliphatic heterocycles. The molecule has 0 radical (unpaired) electrons. The van der Waals surface area contributed by atoms with Crippen LogP contribution < -0.4 is 5.32 Å². The van der Waals surface area contributed by atoms with Crippen LogP contribution >= 0.6 is 0 Å². The monoisotopic (exact) mass is 323 g/mol. The van der Waals surface area contributed by atoms with Gasteiger partial charge in [0.1, 0.15) is 11.9 Å². The summed E-state index contributed by atoms with van der Waals surface area (Å²) in [6.45, 7) is 2.74. The van der Waals surface area contributed by atoms with Gasteiger partial charge < -0.3 is 10.1 Å². The summed E-state index contributed by atoms with van der Waals surface area (Å²) in [7, 11) is 1.95. The van der Waals surface area contributed by atoms with E-state index >= 15 is 0 Å². The highest BCUT2D eigenvalue weighted by atomic mass is 16.5. The maximum absolute atomic E-state index is 5.94. The van der Waals surface area contributed by atoms with E-state index in [1.165, 1.54) is 0 Å². The van der Waals surface area contributed by atoms with Gasteiger partial charge in [0.05, 0.1) is 11.2 Å². The van der Waals surface area contributed by atoms with Gasteiger partial charge in [-0.2, -0.15) is 5.10 Å². The van der Waals surface area contributed by atoms with Crippen molar-refractivity contribution < 1.29 is 4.74 Å². The molecule has 2 atom stereocenters. The van der Waals surface area contributed by atoms with Gasteiger partial charge in [0.25, 0.3) is 0 Å². The molecule has 4 rings (SSSR count). The zero-order valence-corrected chi connectivity index (χ0v) is 13.9. The molecule has 1 N–H and O–H groups in total. The van der Waals surface area contributed by atoms with E-state index < -0.39 is 0 Å². The molecule has 24 heavy (non-hydrogen) atoms. The first-order valence-corrected chi connectivity index (χ1v) is 8.29. The number of aryl methyl sites for hydroxylation is 2. The van der Waals surface area contributed by atoms with E-state index in [1.54, 1.807) is 0 Å². The highest BCUT2D eigenvalue weighted by Gasteiger charge is 2.26. The zero-order chi connectivity index (χ0) is 16.5. The minimum Gasteiger partial charge on any atom is -0.372 e. The number of aromatic nitrogens is 4. The predicted molar refractivity (Wildman–Crippen MR) is 92.8 cm³/mol. The summed E-state index contributed by atoms with van der Waals surface area (Å²) >= 11 is 0. The molecule has 124 valence electrons. The SMILES string of the molecule is Cc1ccc2c(NC3CCOC(c4ccnn4C)C3)nccc2n1. The first-order valence-electron chi connectivity index (χ1n) is 8.29. The quantitative estimate of drug-likeness (QED) is 0.802. The Morgan fingerprint density at radius 2 is 2.12 bits per heavy atom. The molecule has 6 nitrogen and oxygen atoms in total. The van der Waals surface area contributed by atoms with Crippen LogP contribution in [0, 0.1) is 6.92 Å². The Morgan fingerprint density at radius 1 is 1.21 bits per heavy atom. The molecule has 1 fully saturated rings. The Bertz CT molecular complexity index is 859. The third kappa shape index (κ3) is 2.85. The Morgan fingerprint density at radius 3 is 2.96 bits per heavy atom. The number of rotatable bonds is 3. The predicted octanol–water partition coefficient (Wildman–Crippen LogP) is 3.00. The smallest absolute Gasteiger partial charge is 0.135 e. The molecule has 0 aromatic carbocycles. The van der Waals surface area contributed by atoms with Crippen molar-refractivity contribution in [1.29, 1.82) is 0 Å². The number of hydrogen-bond acceptors (Lipinski definition) is 5. The Balaban J connectivity index is 1.56. The van der Waals surface area contributed by atoms with Gasteiger partial charge in [-0.15, -0.1) is 0 Å². The van der Waals surface area contributed by atoms with Crippen molar-refractivity contribution in [2.75, 3.05) is 11.9 Å². The molecule has 1 aliphatic rings. The molecule has 3 aromatic heterocycles. The van der Waals surface area contributed by atoms with Crippen LogP contribution in [0.25, 0.3) is 10.9 Å². The van der Waals surface area contributed by atoms with Crippen LogP contribution in [0.15, 0.2) is 36.7 Å². The van der Waals surface area contributed by atoms with Gasteiger partial charge in [0.2, 0.25) is 0 Å². The second-order valence-electron chi connectivity index (χ2n) is 6.28. The molecular formula is C18H21N5O. The van der Waals surface area contributed by atoms with Crippen molar-refractivity contribution in [2.24, 2.45) is 7.05 Å². The van der Waals surface area contributed by atoms with E-state index in [0.717, 1.165) is 47.6 Å². The minimum atomic E-state index is 0.0686. The van der Waals surface area contributed by atoms with Gasteiger partial charge in [0, 0.05) is 43.2 Å². The zero-order valence-electron chi connectivity index (χ0n) is 13.9. The minimum absolute atomic E-state index is 0.0686. The Labute approximate surface area is 140 Å². The lowest BCUT2D eigenvalue weighted by molar-refractivity contribution is 0.00500. The summed E-state index contributed by atoms with van der Waals surface area (Å²) in [5.74, 6) is 0.899. The molecular weight excluding hydrogens is 302 g/mol. The number of fused-ring (bicyclic) bond motifs is 1. The van der Waals surface area contributed by atoms with Crippen LogP contribution in [0.2, 0.25) is 0 Å². The first kappa shape index (κ1) is 15.1. The van der Waals surface area contributed by atoms with Gasteiger partial charge in [-0.1, -0.05) is 0 Å². The summed E-state index contributed by atoms with van der Waals surface area (Å²) < 4.78 is 7.83. The second-order valence-corrected chi connectivity index (χ2v) is 6.28. The third-order valence-corrected chi connectivity index (χ3v) is 4.57. The van der Waals surface area contributed by atoms with Gasteiger partial charge >= 0.3 is 0 Å². The van der Waals surface area contributed by atoms with Crippen molar-refractivity contribution in [2.45, 2.75) is 31.9 Å². The topological polar surface area (TPSA) is 64.9 Å². The van der Waals surface area contributed by atoms with E-state index in [4.69, 9.17) is 4.74 Å². The standard InChI is InChI=1S/C18H21N5O/c1-12-3-4-14-15(21-12)5-8-19-18(14)22-13-7-10-24-17(11-13)16-6-9-20-23(16)2/h3-6,8-9,13,17H,7,10-11H2,1-2H3,(H,19,22).